The van der Waals surface area contributed by atoms with Crippen LogP contribution in [0.4, 0.5) is 11.9 Å². The van der Waals surface area contributed by atoms with Crippen molar-refractivity contribution >= 4 is 29.1 Å². The van der Waals surface area contributed by atoms with E-state index in [9.17, 15) is 4.79 Å². The summed E-state index contributed by atoms with van der Waals surface area (Å²) in [4.78, 5) is 31.4. The van der Waals surface area contributed by atoms with Crippen LogP contribution in [0.2, 0.25) is 0 Å². The molecule has 7 nitrogen and oxygen atoms in total. The summed E-state index contributed by atoms with van der Waals surface area (Å²) in [6.45, 7) is 2.17. The minimum Gasteiger partial charge on any atom is -0.347 e. The van der Waals surface area contributed by atoms with Crippen LogP contribution in [0, 0.1) is 0 Å². The van der Waals surface area contributed by atoms with Crippen LogP contribution in [0.15, 0.2) is 41.8 Å². The Bertz CT molecular complexity index is 965. The summed E-state index contributed by atoms with van der Waals surface area (Å²) in [5.41, 5.74) is 1.73. The van der Waals surface area contributed by atoms with Gasteiger partial charge in [0.25, 0.3) is 5.91 Å². The Labute approximate surface area is 174 Å². The van der Waals surface area contributed by atoms with Crippen molar-refractivity contribution in [3.8, 4) is 10.4 Å². The highest BCUT2D eigenvalue weighted by atomic mass is 32.1. The molecular weight excluding hydrogens is 384 g/mol. The molecule has 1 aromatic carbocycles. The Morgan fingerprint density at radius 1 is 1.10 bits per heavy atom. The summed E-state index contributed by atoms with van der Waals surface area (Å²) in [7, 11) is 3.81. The number of benzene rings is 1. The maximum Gasteiger partial charge on any atom is 0.251 e. The van der Waals surface area contributed by atoms with E-state index >= 15 is 0 Å². The molecular formula is C21H24N6OS. The molecule has 1 N–H and O–H groups in total. The van der Waals surface area contributed by atoms with Crippen molar-refractivity contribution in [2.24, 2.45) is 0 Å². The van der Waals surface area contributed by atoms with Gasteiger partial charge in [-0.1, -0.05) is 18.2 Å². The van der Waals surface area contributed by atoms with Crippen molar-refractivity contribution in [3.05, 3.63) is 53.2 Å². The van der Waals surface area contributed by atoms with Crippen molar-refractivity contribution in [2.45, 2.75) is 19.4 Å². The van der Waals surface area contributed by atoms with Gasteiger partial charge in [0.1, 0.15) is 0 Å². The summed E-state index contributed by atoms with van der Waals surface area (Å²) in [6.07, 6.45) is 2.30. The zero-order chi connectivity index (χ0) is 20.2. The van der Waals surface area contributed by atoms with Gasteiger partial charge in [0.05, 0.1) is 6.54 Å². The Morgan fingerprint density at radius 3 is 2.52 bits per heavy atom. The molecule has 1 fully saturated rings. The molecule has 0 atom stereocenters. The minimum atomic E-state index is -0.141. The largest absolute Gasteiger partial charge is 0.347 e. The molecule has 1 aliphatic heterocycles. The number of carbonyl (C=O) groups excluding carboxylic acids is 1. The van der Waals surface area contributed by atoms with Crippen LogP contribution in [-0.2, 0) is 6.54 Å². The van der Waals surface area contributed by atoms with Crippen LogP contribution in [0.5, 0.6) is 0 Å². The molecule has 3 aromatic rings. The van der Waals surface area contributed by atoms with E-state index in [2.05, 4.69) is 31.2 Å². The molecule has 0 spiro atoms. The molecule has 2 aromatic heterocycles. The number of aromatic nitrogens is 3. The molecule has 3 heterocycles. The van der Waals surface area contributed by atoms with E-state index in [0.29, 0.717) is 23.3 Å². The number of hydrogen-bond acceptors (Lipinski definition) is 7. The fourth-order valence-corrected chi connectivity index (χ4v) is 3.96. The van der Waals surface area contributed by atoms with E-state index < -0.39 is 0 Å². The van der Waals surface area contributed by atoms with E-state index in [1.54, 1.807) is 11.3 Å². The van der Waals surface area contributed by atoms with Gasteiger partial charge < -0.3 is 15.1 Å². The van der Waals surface area contributed by atoms with Gasteiger partial charge in [-0.15, -0.1) is 11.3 Å². The first-order chi connectivity index (χ1) is 14.1. The van der Waals surface area contributed by atoms with E-state index in [1.807, 2.05) is 54.7 Å². The van der Waals surface area contributed by atoms with Crippen molar-refractivity contribution < 1.29 is 4.79 Å². The summed E-state index contributed by atoms with van der Waals surface area (Å²) < 4.78 is 0. The first kappa shape index (κ1) is 19.3. The van der Waals surface area contributed by atoms with E-state index in [1.165, 1.54) is 4.88 Å². The Balaban J connectivity index is 1.45. The molecule has 1 saturated heterocycles. The number of thiophene rings is 1. The standard InChI is InChI=1S/C21H24N6OS/c1-26(2)20-23-18(24-21(25-20)27-11-3-4-12-27)14-22-19(28)16-9-7-15(8-10-16)17-6-5-13-29-17/h5-10,13H,3-4,11-12,14H2,1-2H3,(H,22,28). The summed E-state index contributed by atoms with van der Waals surface area (Å²) in [6, 6.07) is 11.7. The number of amides is 1. The summed E-state index contributed by atoms with van der Waals surface area (Å²) in [5, 5.41) is 4.97. The molecule has 1 amide bonds. The molecule has 0 bridgehead atoms. The molecule has 29 heavy (non-hydrogen) atoms. The minimum absolute atomic E-state index is 0.141. The molecule has 0 aliphatic carbocycles. The fraction of sp³-hybridized carbons (Fsp3) is 0.333. The Morgan fingerprint density at radius 2 is 1.86 bits per heavy atom. The molecule has 0 saturated carbocycles. The predicted octanol–water partition coefficient (Wildman–Crippen LogP) is 3.20. The van der Waals surface area contributed by atoms with Gasteiger partial charge in [0.2, 0.25) is 11.9 Å². The normalized spacial score (nSPS) is 13.5. The summed E-state index contributed by atoms with van der Waals surface area (Å²) in [5.74, 6) is 1.71. The van der Waals surface area contributed by atoms with E-state index in [4.69, 9.17) is 0 Å². The highest BCUT2D eigenvalue weighted by Gasteiger charge is 2.18. The second kappa shape index (κ2) is 8.57. The van der Waals surface area contributed by atoms with Crippen LogP contribution < -0.4 is 15.1 Å². The smallest absolute Gasteiger partial charge is 0.251 e. The lowest BCUT2D eigenvalue weighted by Gasteiger charge is -2.19. The first-order valence-corrected chi connectivity index (χ1v) is 10.6. The zero-order valence-corrected chi connectivity index (χ0v) is 17.4. The molecule has 0 unspecified atom stereocenters. The molecule has 150 valence electrons. The fourth-order valence-electron chi connectivity index (χ4n) is 3.22. The van der Waals surface area contributed by atoms with Gasteiger partial charge >= 0.3 is 0 Å². The molecule has 4 rings (SSSR count). The van der Waals surface area contributed by atoms with Crippen LogP contribution in [0.25, 0.3) is 10.4 Å². The average Bonchev–Trinajstić information content (AvgIpc) is 3.46. The van der Waals surface area contributed by atoms with Crippen LogP contribution in [0.3, 0.4) is 0 Å². The maximum absolute atomic E-state index is 12.6. The number of carbonyl (C=O) groups is 1. The topological polar surface area (TPSA) is 74.2 Å². The maximum atomic E-state index is 12.6. The van der Waals surface area contributed by atoms with Gasteiger partial charge in [0, 0.05) is 37.6 Å². The average molecular weight is 409 g/mol. The van der Waals surface area contributed by atoms with Gasteiger partial charge in [-0.05, 0) is 42.0 Å². The highest BCUT2D eigenvalue weighted by Crippen LogP contribution is 2.24. The van der Waals surface area contributed by atoms with Gasteiger partial charge in [-0.2, -0.15) is 15.0 Å². The second-order valence-corrected chi connectivity index (χ2v) is 8.13. The third-order valence-electron chi connectivity index (χ3n) is 4.81. The monoisotopic (exact) mass is 408 g/mol. The number of rotatable bonds is 6. The molecule has 0 radical (unpaired) electrons. The van der Waals surface area contributed by atoms with Gasteiger partial charge in [0.15, 0.2) is 5.82 Å². The van der Waals surface area contributed by atoms with Crippen LogP contribution in [0.1, 0.15) is 29.0 Å². The highest BCUT2D eigenvalue weighted by molar-refractivity contribution is 7.13. The van der Waals surface area contributed by atoms with Crippen LogP contribution in [-0.4, -0.2) is 48.0 Å². The van der Waals surface area contributed by atoms with Crippen LogP contribution >= 0.6 is 11.3 Å². The number of anilines is 2. The quantitative estimate of drug-likeness (QED) is 0.675. The van der Waals surface area contributed by atoms with Crippen molar-refractivity contribution in [3.63, 3.8) is 0 Å². The number of nitrogens with one attached hydrogen (secondary N) is 1. The third kappa shape index (κ3) is 4.54. The zero-order valence-electron chi connectivity index (χ0n) is 16.6. The third-order valence-corrected chi connectivity index (χ3v) is 5.73. The summed E-state index contributed by atoms with van der Waals surface area (Å²) >= 11 is 1.68. The molecule has 8 heteroatoms. The van der Waals surface area contributed by atoms with Gasteiger partial charge in [-0.25, -0.2) is 0 Å². The Hall–Kier alpha value is -3.00. The lowest BCUT2D eigenvalue weighted by atomic mass is 10.1. The first-order valence-electron chi connectivity index (χ1n) is 9.69. The van der Waals surface area contributed by atoms with Crippen molar-refractivity contribution in [2.75, 3.05) is 37.0 Å². The SMILES string of the molecule is CN(C)c1nc(CNC(=O)c2ccc(-c3cccs3)cc2)nc(N2CCCC2)n1. The van der Waals surface area contributed by atoms with Crippen molar-refractivity contribution in [1.29, 1.82) is 0 Å². The number of nitrogens with zero attached hydrogens (tertiary/aromatic N) is 5. The lowest BCUT2D eigenvalue weighted by molar-refractivity contribution is 0.0950. The van der Waals surface area contributed by atoms with Gasteiger partial charge in [-0.3, -0.25) is 4.79 Å². The van der Waals surface area contributed by atoms with E-state index in [-0.39, 0.29) is 12.5 Å². The lowest BCUT2D eigenvalue weighted by Crippen LogP contribution is -2.27. The van der Waals surface area contributed by atoms with Crippen molar-refractivity contribution in [1.82, 2.24) is 20.3 Å². The van der Waals surface area contributed by atoms with E-state index in [0.717, 1.165) is 31.5 Å². The Kier molecular flexibility index (Phi) is 5.71. The number of hydrogen-bond donors (Lipinski definition) is 1. The molecule has 1 aliphatic rings. The predicted molar refractivity (Wildman–Crippen MR) is 117 cm³/mol. The second-order valence-electron chi connectivity index (χ2n) is 7.18.